The van der Waals surface area contributed by atoms with Crippen LogP contribution >= 0.6 is 0 Å². The monoisotopic (exact) mass is 462 g/mol. The van der Waals surface area contributed by atoms with Crippen LogP contribution in [0.4, 0.5) is 0 Å². The molecule has 0 amide bonds. The van der Waals surface area contributed by atoms with Crippen molar-refractivity contribution in [1.29, 1.82) is 0 Å². The molecule has 0 aromatic heterocycles. The van der Waals surface area contributed by atoms with Gasteiger partial charge in [0.25, 0.3) is 0 Å². The zero-order valence-corrected chi connectivity index (χ0v) is 21.0. The Morgan fingerprint density at radius 1 is 0.576 bits per heavy atom. The second-order valence-corrected chi connectivity index (χ2v) is 8.99. The summed E-state index contributed by atoms with van der Waals surface area (Å²) in [4.78, 5) is 24.6. The van der Waals surface area contributed by atoms with E-state index in [4.69, 9.17) is 9.47 Å². The average Bonchev–Trinajstić information content (AvgIpc) is 2.81. The van der Waals surface area contributed by atoms with Crippen molar-refractivity contribution in [2.24, 2.45) is 0 Å². The first-order valence-electron chi connectivity index (χ1n) is 13.3. The van der Waals surface area contributed by atoms with Crippen LogP contribution in [-0.2, 0) is 9.47 Å². The third kappa shape index (κ3) is 14.7. The fourth-order valence-corrected chi connectivity index (χ4v) is 3.82. The molecule has 5 heteroatoms. The molecule has 0 aliphatic rings. The third-order valence-corrected chi connectivity index (χ3v) is 5.85. The normalized spacial score (nSPS) is 10.8. The Kier molecular flexibility index (Phi) is 17.1. The van der Waals surface area contributed by atoms with E-state index in [9.17, 15) is 14.7 Å². The number of benzene rings is 1. The Balaban J connectivity index is 2.27. The highest BCUT2D eigenvalue weighted by atomic mass is 16.5. The molecule has 1 aromatic carbocycles. The molecule has 5 nitrogen and oxygen atoms in total. The van der Waals surface area contributed by atoms with Gasteiger partial charge in [-0.3, -0.25) is 0 Å². The number of phenols is 1. The molecule has 0 spiro atoms. The van der Waals surface area contributed by atoms with Gasteiger partial charge in [0.2, 0.25) is 0 Å². The zero-order valence-electron chi connectivity index (χ0n) is 21.0. The number of phenolic OH excluding ortho intramolecular Hbond substituents is 1. The predicted molar refractivity (Wildman–Crippen MR) is 134 cm³/mol. The minimum absolute atomic E-state index is 0.143. The molecule has 0 fully saturated rings. The topological polar surface area (TPSA) is 72.8 Å². The van der Waals surface area contributed by atoms with E-state index in [0.29, 0.717) is 13.2 Å². The molecule has 0 aliphatic carbocycles. The van der Waals surface area contributed by atoms with Gasteiger partial charge in [0.1, 0.15) is 5.75 Å². The van der Waals surface area contributed by atoms with Crippen molar-refractivity contribution in [2.45, 2.75) is 117 Å². The lowest BCUT2D eigenvalue weighted by atomic mass is 10.1. The maximum atomic E-state index is 12.3. The summed E-state index contributed by atoms with van der Waals surface area (Å²) in [7, 11) is 0. The Hall–Kier alpha value is -2.04. The van der Waals surface area contributed by atoms with E-state index >= 15 is 0 Å². The van der Waals surface area contributed by atoms with Crippen molar-refractivity contribution < 1.29 is 24.2 Å². The van der Waals surface area contributed by atoms with Gasteiger partial charge in [-0.15, -0.1) is 0 Å². The van der Waals surface area contributed by atoms with E-state index in [1.807, 2.05) is 0 Å². The van der Waals surface area contributed by atoms with E-state index < -0.39 is 11.9 Å². The number of carbonyl (C=O) groups excluding carboxylic acids is 2. The van der Waals surface area contributed by atoms with E-state index in [-0.39, 0.29) is 16.9 Å². The van der Waals surface area contributed by atoms with Crippen LogP contribution in [0, 0.1) is 0 Å². The quantitative estimate of drug-likeness (QED) is 0.157. The predicted octanol–water partition coefficient (Wildman–Crippen LogP) is 7.99. The maximum Gasteiger partial charge on any atom is 0.338 e. The summed E-state index contributed by atoms with van der Waals surface area (Å²) in [5, 5.41) is 9.94. The lowest BCUT2D eigenvalue weighted by molar-refractivity contribution is 0.0495. The van der Waals surface area contributed by atoms with Crippen molar-refractivity contribution in [1.82, 2.24) is 0 Å². The Labute approximate surface area is 201 Å². The van der Waals surface area contributed by atoms with Gasteiger partial charge in [-0.05, 0) is 31.0 Å². The largest absolute Gasteiger partial charge is 0.508 e. The van der Waals surface area contributed by atoms with Crippen LogP contribution < -0.4 is 0 Å². The minimum atomic E-state index is -0.522. The Bertz CT molecular complexity index is 603. The molecule has 0 radical (unpaired) electrons. The van der Waals surface area contributed by atoms with Crippen LogP contribution in [0.25, 0.3) is 0 Å². The van der Waals surface area contributed by atoms with Gasteiger partial charge in [-0.2, -0.15) is 0 Å². The van der Waals surface area contributed by atoms with E-state index in [0.717, 1.165) is 38.5 Å². The van der Waals surface area contributed by atoms with Gasteiger partial charge < -0.3 is 14.6 Å². The molecular weight excluding hydrogens is 416 g/mol. The fourth-order valence-electron chi connectivity index (χ4n) is 3.82. The molecule has 0 unspecified atom stereocenters. The van der Waals surface area contributed by atoms with Crippen LogP contribution in [0.15, 0.2) is 18.2 Å². The molecule has 1 aromatic rings. The standard InChI is InChI=1S/C28H46O5/c1-3-5-7-9-11-13-15-17-19-32-27(30)24-21-25(23-26(29)22-24)28(31)33-20-18-16-14-12-10-8-6-4-2/h21-23,29H,3-20H2,1-2H3. The molecule has 0 bridgehead atoms. The lowest BCUT2D eigenvalue weighted by Crippen LogP contribution is -2.10. The SMILES string of the molecule is CCCCCCCCCCOC(=O)c1cc(O)cc(C(=O)OCCCCCCCCCC)c1. The number of aromatic hydroxyl groups is 1. The van der Waals surface area contributed by atoms with Crippen LogP contribution in [0.5, 0.6) is 5.75 Å². The third-order valence-electron chi connectivity index (χ3n) is 5.85. The van der Waals surface area contributed by atoms with E-state index in [1.54, 1.807) is 0 Å². The molecule has 0 saturated carbocycles. The smallest absolute Gasteiger partial charge is 0.338 e. The number of carbonyl (C=O) groups is 2. The first-order valence-corrected chi connectivity index (χ1v) is 13.3. The van der Waals surface area contributed by atoms with Gasteiger partial charge in [-0.1, -0.05) is 104 Å². The maximum absolute atomic E-state index is 12.3. The highest BCUT2D eigenvalue weighted by Gasteiger charge is 2.15. The van der Waals surface area contributed by atoms with Crippen molar-refractivity contribution in [2.75, 3.05) is 13.2 Å². The summed E-state index contributed by atoms with van der Waals surface area (Å²) in [6, 6.07) is 4.09. The number of unbranched alkanes of at least 4 members (excludes halogenated alkanes) is 14. The Morgan fingerprint density at radius 3 is 1.27 bits per heavy atom. The van der Waals surface area contributed by atoms with Crippen LogP contribution in [-0.4, -0.2) is 30.3 Å². The number of esters is 2. The van der Waals surface area contributed by atoms with Crippen molar-refractivity contribution in [3.8, 4) is 5.75 Å². The van der Waals surface area contributed by atoms with Crippen LogP contribution in [0.3, 0.4) is 0 Å². The Morgan fingerprint density at radius 2 is 0.909 bits per heavy atom. The lowest BCUT2D eigenvalue weighted by Gasteiger charge is -2.09. The van der Waals surface area contributed by atoms with Gasteiger partial charge >= 0.3 is 11.9 Å². The van der Waals surface area contributed by atoms with Crippen molar-refractivity contribution >= 4 is 11.9 Å². The number of hydrogen-bond acceptors (Lipinski definition) is 5. The molecule has 0 atom stereocenters. The van der Waals surface area contributed by atoms with Crippen LogP contribution in [0.2, 0.25) is 0 Å². The average molecular weight is 463 g/mol. The summed E-state index contributed by atoms with van der Waals surface area (Å²) < 4.78 is 10.6. The second-order valence-electron chi connectivity index (χ2n) is 8.99. The number of hydrogen-bond donors (Lipinski definition) is 1. The van der Waals surface area contributed by atoms with E-state index in [1.165, 1.54) is 82.4 Å². The highest BCUT2D eigenvalue weighted by Crippen LogP contribution is 2.18. The van der Waals surface area contributed by atoms with E-state index in [2.05, 4.69) is 13.8 Å². The molecule has 33 heavy (non-hydrogen) atoms. The molecule has 1 N–H and O–H groups in total. The fraction of sp³-hybridized carbons (Fsp3) is 0.714. The number of ether oxygens (including phenoxy) is 2. The molecule has 1 rings (SSSR count). The van der Waals surface area contributed by atoms with Crippen LogP contribution in [0.1, 0.15) is 137 Å². The first kappa shape index (κ1) is 29.0. The number of rotatable bonds is 20. The first-order chi connectivity index (χ1) is 16.1. The summed E-state index contributed by atoms with van der Waals surface area (Å²) in [5.41, 5.74) is 0.349. The zero-order chi connectivity index (χ0) is 24.2. The minimum Gasteiger partial charge on any atom is -0.508 e. The molecular formula is C28H46O5. The summed E-state index contributed by atoms with van der Waals surface area (Å²) in [5.74, 6) is -1.19. The molecule has 188 valence electrons. The summed E-state index contributed by atoms with van der Waals surface area (Å²) in [6.07, 6.45) is 18.7. The van der Waals surface area contributed by atoms with Gasteiger partial charge in [0.15, 0.2) is 0 Å². The summed E-state index contributed by atoms with van der Waals surface area (Å²) >= 11 is 0. The molecule has 0 saturated heterocycles. The van der Waals surface area contributed by atoms with Gasteiger partial charge in [0.05, 0.1) is 24.3 Å². The summed E-state index contributed by atoms with van der Waals surface area (Å²) in [6.45, 7) is 5.12. The highest BCUT2D eigenvalue weighted by molar-refractivity contribution is 5.96. The van der Waals surface area contributed by atoms with Gasteiger partial charge in [0, 0.05) is 0 Å². The van der Waals surface area contributed by atoms with Gasteiger partial charge in [-0.25, -0.2) is 9.59 Å². The van der Waals surface area contributed by atoms with Crippen molar-refractivity contribution in [3.05, 3.63) is 29.3 Å². The second kappa shape index (κ2) is 19.4. The van der Waals surface area contributed by atoms with Crippen molar-refractivity contribution in [3.63, 3.8) is 0 Å². The molecule has 0 aliphatic heterocycles. The molecule has 0 heterocycles.